The van der Waals surface area contributed by atoms with Gasteiger partial charge >= 0.3 is 6.09 Å². The van der Waals surface area contributed by atoms with Crippen LogP contribution < -0.4 is 10.6 Å². The molecule has 0 aliphatic heterocycles. The highest BCUT2D eigenvalue weighted by Gasteiger charge is 2.37. The summed E-state index contributed by atoms with van der Waals surface area (Å²) in [5, 5.41) is 15.5. The Morgan fingerprint density at radius 3 is 2.31 bits per heavy atom. The summed E-state index contributed by atoms with van der Waals surface area (Å²) in [6, 6.07) is 14.8. The number of carbonyl (C=O) groups is 3. The Morgan fingerprint density at radius 1 is 1.05 bits per heavy atom. The standard InChI is InChI=1S/C31H42N4O4/c1-8-12-23(4)33-28(36)27(25-19-21(2)15-16-22(25)3)35(18-17-32)29(37)26(20-24-13-10-9-11-14-24)34-30(38)39-31(5,6)7/h9-11,13-16,19,23,26-27H,8,12,18,20H2,1-7H3,(H,33,36)(H,34,38). The summed E-state index contributed by atoms with van der Waals surface area (Å²) >= 11 is 0. The van der Waals surface area contributed by atoms with Crippen LogP contribution in [0.1, 0.15) is 75.8 Å². The second-order valence-electron chi connectivity index (χ2n) is 11.0. The van der Waals surface area contributed by atoms with Crippen molar-refractivity contribution in [2.45, 2.75) is 91.5 Å². The number of nitriles is 1. The van der Waals surface area contributed by atoms with Crippen molar-refractivity contribution in [3.8, 4) is 6.07 Å². The number of ether oxygens (including phenoxy) is 1. The fraction of sp³-hybridized carbons (Fsp3) is 0.484. The minimum absolute atomic E-state index is 0.117. The van der Waals surface area contributed by atoms with Crippen molar-refractivity contribution in [1.29, 1.82) is 5.26 Å². The van der Waals surface area contributed by atoms with Gasteiger partial charge in [-0.1, -0.05) is 67.4 Å². The lowest BCUT2D eigenvalue weighted by Gasteiger charge is -2.34. The van der Waals surface area contributed by atoms with Crippen LogP contribution in [0.25, 0.3) is 0 Å². The summed E-state index contributed by atoms with van der Waals surface area (Å²) in [5.74, 6) is -0.917. The molecule has 210 valence electrons. The highest BCUT2D eigenvalue weighted by atomic mass is 16.6. The lowest BCUT2D eigenvalue weighted by Crippen LogP contribution is -2.54. The molecule has 8 heteroatoms. The fourth-order valence-corrected chi connectivity index (χ4v) is 4.40. The largest absolute Gasteiger partial charge is 0.444 e. The molecule has 3 amide bonds. The number of amides is 3. The lowest BCUT2D eigenvalue weighted by atomic mass is 9.95. The van der Waals surface area contributed by atoms with Gasteiger partial charge in [-0.15, -0.1) is 0 Å². The zero-order valence-electron chi connectivity index (χ0n) is 24.2. The van der Waals surface area contributed by atoms with Crippen molar-refractivity contribution in [3.05, 3.63) is 70.8 Å². The van der Waals surface area contributed by atoms with Crippen LogP contribution in [0.5, 0.6) is 0 Å². The molecule has 0 bridgehead atoms. The van der Waals surface area contributed by atoms with E-state index in [2.05, 4.69) is 16.7 Å². The third kappa shape index (κ3) is 9.75. The van der Waals surface area contributed by atoms with Crippen molar-refractivity contribution >= 4 is 17.9 Å². The molecule has 0 radical (unpaired) electrons. The van der Waals surface area contributed by atoms with Gasteiger partial charge in [0.2, 0.25) is 11.8 Å². The van der Waals surface area contributed by atoms with E-state index in [0.717, 1.165) is 29.5 Å². The van der Waals surface area contributed by atoms with E-state index < -0.39 is 29.7 Å². The van der Waals surface area contributed by atoms with Crippen LogP contribution in [0, 0.1) is 25.2 Å². The van der Waals surface area contributed by atoms with Gasteiger partial charge in [-0.3, -0.25) is 9.59 Å². The Bertz CT molecular complexity index is 1170. The number of nitrogens with zero attached hydrogens (tertiary/aromatic N) is 2. The summed E-state index contributed by atoms with van der Waals surface area (Å²) in [6.07, 6.45) is 1.07. The second kappa shape index (κ2) is 14.3. The van der Waals surface area contributed by atoms with Crippen molar-refractivity contribution in [1.82, 2.24) is 15.5 Å². The van der Waals surface area contributed by atoms with Gasteiger partial charge in [0.25, 0.3) is 0 Å². The molecule has 39 heavy (non-hydrogen) atoms. The maximum atomic E-state index is 14.2. The molecule has 0 fully saturated rings. The molecule has 0 aromatic heterocycles. The van der Waals surface area contributed by atoms with E-state index in [1.54, 1.807) is 20.8 Å². The number of carbonyl (C=O) groups excluding carboxylic acids is 3. The minimum Gasteiger partial charge on any atom is -0.444 e. The monoisotopic (exact) mass is 534 g/mol. The molecule has 0 saturated heterocycles. The van der Waals surface area contributed by atoms with E-state index in [-0.39, 0.29) is 24.9 Å². The molecule has 2 aromatic carbocycles. The van der Waals surface area contributed by atoms with Crippen LogP contribution in [0.15, 0.2) is 48.5 Å². The zero-order chi connectivity index (χ0) is 29.2. The van der Waals surface area contributed by atoms with E-state index in [1.165, 1.54) is 4.90 Å². The predicted octanol–water partition coefficient (Wildman–Crippen LogP) is 5.14. The molecule has 8 nitrogen and oxygen atoms in total. The Labute approximate surface area is 232 Å². The molecule has 0 saturated carbocycles. The summed E-state index contributed by atoms with van der Waals surface area (Å²) in [6.45, 7) is 12.6. The van der Waals surface area contributed by atoms with Crippen LogP contribution in [-0.2, 0) is 20.7 Å². The molecule has 2 N–H and O–H groups in total. The van der Waals surface area contributed by atoms with Gasteiger partial charge in [-0.05, 0) is 64.7 Å². The van der Waals surface area contributed by atoms with E-state index in [9.17, 15) is 19.6 Å². The molecule has 0 aliphatic carbocycles. The van der Waals surface area contributed by atoms with Gasteiger partial charge in [-0.25, -0.2) is 4.79 Å². The first-order chi connectivity index (χ1) is 18.4. The molecule has 0 heterocycles. The average molecular weight is 535 g/mol. The summed E-state index contributed by atoms with van der Waals surface area (Å²) in [5.41, 5.74) is 2.42. The first-order valence-corrected chi connectivity index (χ1v) is 13.4. The van der Waals surface area contributed by atoms with Crippen molar-refractivity contribution in [3.63, 3.8) is 0 Å². The average Bonchev–Trinajstić information content (AvgIpc) is 2.84. The predicted molar refractivity (Wildman–Crippen MR) is 152 cm³/mol. The third-order valence-corrected chi connectivity index (χ3v) is 6.20. The Kier molecular flexibility index (Phi) is 11.5. The van der Waals surface area contributed by atoms with Gasteiger partial charge in [0.15, 0.2) is 0 Å². The molecular weight excluding hydrogens is 492 g/mol. The Morgan fingerprint density at radius 2 is 1.72 bits per heavy atom. The van der Waals surface area contributed by atoms with Gasteiger partial charge in [0, 0.05) is 12.5 Å². The number of rotatable bonds is 11. The molecular formula is C31H42N4O4. The van der Waals surface area contributed by atoms with Crippen molar-refractivity contribution in [2.24, 2.45) is 0 Å². The number of aryl methyl sites for hydroxylation is 2. The number of hydrogen-bond donors (Lipinski definition) is 2. The fourth-order valence-electron chi connectivity index (χ4n) is 4.40. The smallest absolute Gasteiger partial charge is 0.408 e. The van der Waals surface area contributed by atoms with Gasteiger partial charge in [-0.2, -0.15) is 5.26 Å². The topological polar surface area (TPSA) is 112 Å². The second-order valence-corrected chi connectivity index (χ2v) is 11.0. The van der Waals surface area contributed by atoms with Crippen LogP contribution >= 0.6 is 0 Å². The number of alkyl carbamates (subject to hydrolysis) is 1. The Balaban J connectivity index is 2.57. The molecule has 3 unspecified atom stereocenters. The SMILES string of the molecule is CCCC(C)NC(=O)C(c1cc(C)ccc1C)N(CC#N)C(=O)C(Cc1ccccc1)NC(=O)OC(C)(C)C. The molecule has 0 aliphatic rings. The molecule has 3 atom stereocenters. The number of benzene rings is 2. The van der Waals surface area contributed by atoms with Crippen molar-refractivity contribution < 1.29 is 19.1 Å². The van der Waals surface area contributed by atoms with Crippen LogP contribution in [0.3, 0.4) is 0 Å². The first kappa shape index (κ1) is 31.4. The maximum Gasteiger partial charge on any atom is 0.408 e. The van der Waals surface area contributed by atoms with Crippen molar-refractivity contribution in [2.75, 3.05) is 6.54 Å². The molecule has 2 rings (SSSR count). The first-order valence-electron chi connectivity index (χ1n) is 13.4. The number of hydrogen-bond acceptors (Lipinski definition) is 5. The Hall–Kier alpha value is -3.86. The van der Waals surface area contributed by atoms with Crippen LogP contribution in [-0.4, -0.2) is 47.0 Å². The quantitative estimate of drug-likeness (QED) is 0.388. The maximum absolute atomic E-state index is 14.2. The summed E-state index contributed by atoms with van der Waals surface area (Å²) in [7, 11) is 0. The highest BCUT2D eigenvalue weighted by Crippen LogP contribution is 2.27. The van der Waals surface area contributed by atoms with E-state index in [0.29, 0.717) is 5.56 Å². The van der Waals surface area contributed by atoms with Gasteiger partial charge in [0.1, 0.15) is 24.2 Å². The number of nitrogens with one attached hydrogen (secondary N) is 2. The van der Waals surface area contributed by atoms with E-state index in [4.69, 9.17) is 4.74 Å². The van der Waals surface area contributed by atoms with Gasteiger partial charge < -0.3 is 20.3 Å². The lowest BCUT2D eigenvalue weighted by molar-refractivity contribution is -0.142. The highest BCUT2D eigenvalue weighted by molar-refractivity contribution is 5.92. The normalized spacial score (nSPS) is 13.4. The zero-order valence-corrected chi connectivity index (χ0v) is 24.2. The third-order valence-electron chi connectivity index (χ3n) is 6.20. The van der Waals surface area contributed by atoms with Gasteiger partial charge in [0.05, 0.1) is 6.07 Å². The van der Waals surface area contributed by atoms with E-state index >= 15 is 0 Å². The van der Waals surface area contributed by atoms with Crippen LogP contribution in [0.4, 0.5) is 4.79 Å². The molecule has 0 spiro atoms. The van der Waals surface area contributed by atoms with E-state index in [1.807, 2.05) is 76.2 Å². The van der Waals surface area contributed by atoms with Crippen LogP contribution in [0.2, 0.25) is 0 Å². The summed E-state index contributed by atoms with van der Waals surface area (Å²) < 4.78 is 5.44. The summed E-state index contributed by atoms with van der Waals surface area (Å²) in [4.78, 5) is 42.0. The minimum atomic E-state index is -1.07. The molecule has 2 aromatic rings.